The van der Waals surface area contributed by atoms with Gasteiger partial charge in [-0.05, 0) is 32.9 Å². The van der Waals surface area contributed by atoms with E-state index in [1.54, 1.807) is 0 Å². The molecular formula is C13H24N4O. The number of carbonyl (C=O) groups is 1. The molecule has 1 aromatic rings. The molecule has 1 heterocycles. The highest BCUT2D eigenvalue weighted by Gasteiger charge is 2.12. The maximum atomic E-state index is 11.7. The minimum absolute atomic E-state index is 0.00564. The fourth-order valence-corrected chi connectivity index (χ4v) is 2.06. The molecule has 5 nitrogen and oxygen atoms in total. The van der Waals surface area contributed by atoms with E-state index in [2.05, 4.69) is 22.7 Å². The number of aromatic nitrogens is 2. The molecule has 1 aromatic heterocycles. The van der Waals surface area contributed by atoms with Gasteiger partial charge in [0.1, 0.15) is 0 Å². The van der Waals surface area contributed by atoms with Crippen molar-refractivity contribution in [1.82, 2.24) is 20.4 Å². The highest BCUT2D eigenvalue weighted by Crippen LogP contribution is 2.11. The number of aryl methyl sites for hydroxylation is 2. The Kier molecular flexibility index (Phi) is 5.34. The van der Waals surface area contributed by atoms with Crippen LogP contribution in [0, 0.1) is 19.8 Å². The number of hydrogen-bond acceptors (Lipinski definition) is 3. The van der Waals surface area contributed by atoms with Gasteiger partial charge in [-0.25, -0.2) is 0 Å². The molecule has 0 aromatic carbocycles. The zero-order chi connectivity index (χ0) is 13.7. The first kappa shape index (κ1) is 14.7. The Bertz CT molecular complexity index is 411. The molecule has 0 fully saturated rings. The zero-order valence-corrected chi connectivity index (χ0v) is 12.0. The van der Waals surface area contributed by atoms with Crippen LogP contribution >= 0.6 is 0 Å². The molecule has 1 atom stereocenters. The predicted molar refractivity (Wildman–Crippen MR) is 72.5 cm³/mol. The van der Waals surface area contributed by atoms with E-state index in [9.17, 15) is 4.79 Å². The summed E-state index contributed by atoms with van der Waals surface area (Å²) in [5.74, 6) is 0.106. The molecule has 0 aliphatic rings. The van der Waals surface area contributed by atoms with Crippen LogP contribution in [0.25, 0.3) is 0 Å². The van der Waals surface area contributed by atoms with Crippen molar-refractivity contribution in [1.29, 1.82) is 0 Å². The Morgan fingerprint density at radius 2 is 2.11 bits per heavy atom. The fraction of sp³-hybridized carbons (Fsp3) is 0.692. The quantitative estimate of drug-likeness (QED) is 0.777. The number of hydrogen-bond donors (Lipinski definition) is 2. The van der Waals surface area contributed by atoms with E-state index in [4.69, 9.17) is 0 Å². The molecule has 0 spiro atoms. The van der Waals surface area contributed by atoms with Crippen LogP contribution in [0.3, 0.4) is 0 Å². The van der Waals surface area contributed by atoms with Crippen molar-refractivity contribution >= 4 is 5.91 Å². The molecule has 0 aliphatic carbocycles. The Morgan fingerprint density at radius 3 is 2.61 bits per heavy atom. The molecular weight excluding hydrogens is 228 g/mol. The highest BCUT2D eigenvalue weighted by atomic mass is 16.1. The third-order valence-corrected chi connectivity index (χ3v) is 3.29. The van der Waals surface area contributed by atoms with E-state index in [1.165, 1.54) is 11.3 Å². The lowest BCUT2D eigenvalue weighted by Gasteiger charge is -2.11. The molecule has 0 saturated heterocycles. The summed E-state index contributed by atoms with van der Waals surface area (Å²) in [7, 11) is 3.80. The summed E-state index contributed by atoms with van der Waals surface area (Å²) < 4.78 is 1.89. The Hall–Kier alpha value is -1.36. The van der Waals surface area contributed by atoms with Crippen LogP contribution in [-0.4, -0.2) is 35.8 Å². The van der Waals surface area contributed by atoms with Crippen LogP contribution in [0.1, 0.15) is 23.9 Å². The molecule has 1 rings (SSSR count). The molecule has 102 valence electrons. The first-order valence-electron chi connectivity index (χ1n) is 6.38. The summed E-state index contributed by atoms with van der Waals surface area (Å²) in [5.41, 5.74) is 3.46. The summed E-state index contributed by atoms with van der Waals surface area (Å²) >= 11 is 0. The number of rotatable bonds is 6. The highest BCUT2D eigenvalue weighted by molar-refractivity contribution is 5.78. The lowest BCUT2D eigenvalue weighted by Crippen LogP contribution is -2.35. The maximum absolute atomic E-state index is 11.7. The normalized spacial score (nSPS) is 12.5. The number of amides is 1. The topological polar surface area (TPSA) is 59.0 Å². The van der Waals surface area contributed by atoms with E-state index < -0.39 is 0 Å². The second-order valence-electron chi connectivity index (χ2n) is 4.77. The smallest absolute Gasteiger partial charge is 0.224 e. The third-order valence-electron chi connectivity index (χ3n) is 3.29. The van der Waals surface area contributed by atoms with Crippen molar-refractivity contribution in [3.63, 3.8) is 0 Å². The van der Waals surface area contributed by atoms with Gasteiger partial charge < -0.3 is 10.6 Å². The SMILES string of the molecule is CNCC(C)C(=O)NCCc1c(C)nn(C)c1C. The van der Waals surface area contributed by atoms with Gasteiger partial charge in [-0.3, -0.25) is 9.48 Å². The monoisotopic (exact) mass is 252 g/mol. The number of nitrogens with zero attached hydrogens (tertiary/aromatic N) is 2. The van der Waals surface area contributed by atoms with Crippen molar-refractivity contribution in [2.45, 2.75) is 27.2 Å². The minimum atomic E-state index is 0.00564. The van der Waals surface area contributed by atoms with Crippen molar-refractivity contribution in [2.75, 3.05) is 20.1 Å². The van der Waals surface area contributed by atoms with Gasteiger partial charge in [0.15, 0.2) is 0 Å². The fourth-order valence-electron chi connectivity index (χ4n) is 2.06. The van der Waals surface area contributed by atoms with Crippen molar-refractivity contribution < 1.29 is 4.79 Å². The standard InChI is InChI=1S/C13H24N4O/c1-9(8-14-4)13(18)15-7-6-12-10(2)16-17(5)11(12)3/h9,14H,6-8H2,1-5H3,(H,15,18). The second-order valence-corrected chi connectivity index (χ2v) is 4.77. The van der Waals surface area contributed by atoms with Crippen LogP contribution in [0.5, 0.6) is 0 Å². The Morgan fingerprint density at radius 1 is 1.44 bits per heavy atom. The minimum Gasteiger partial charge on any atom is -0.355 e. The molecule has 0 radical (unpaired) electrons. The summed E-state index contributed by atoms with van der Waals surface area (Å²) in [6, 6.07) is 0. The number of carbonyl (C=O) groups excluding carboxylic acids is 1. The van der Waals surface area contributed by atoms with Crippen molar-refractivity contribution in [3.05, 3.63) is 17.0 Å². The molecule has 2 N–H and O–H groups in total. The Labute approximate surface area is 109 Å². The van der Waals surface area contributed by atoms with Crippen LogP contribution < -0.4 is 10.6 Å². The van der Waals surface area contributed by atoms with E-state index in [0.717, 1.165) is 12.1 Å². The summed E-state index contributed by atoms with van der Waals surface area (Å²) in [5, 5.41) is 10.3. The molecule has 1 amide bonds. The first-order chi connectivity index (χ1) is 8.47. The van der Waals surface area contributed by atoms with Gasteiger partial charge in [-0.1, -0.05) is 6.92 Å². The lowest BCUT2D eigenvalue weighted by molar-refractivity contribution is -0.124. The van der Waals surface area contributed by atoms with Gasteiger partial charge in [0.05, 0.1) is 5.69 Å². The summed E-state index contributed by atoms with van der Waals surface area (Å²) in [6.45, 7) is 7.36. The van der Waals surface area contributed by atoms with Gasteiger partial charge in [0.25, 0.3) is 0 Å². The molecule has 5 heteroatoms. The largest absolute Gasteiger partial charge is 0.355 e. The molecule has 1 unspecified atom stereocenters. The van der Waals surface area contributed by atoms with Crippen molar-refractivity contribution in [3.8, 4) is 0 Å². The lowest BCUT2D eigenvalue weighted by atomic mass is 10.1. The van der Waals surface area contributed by atoms with Crippen LogP contribution in [-0.2, 0) is 18.3 Å². The van der Waals surface area contributed by atoms with Crippen molar-refractivity contribution in [2.24, 2.45) is 13.0 Å². The first-order valence-corrected chi connectivity index (χ1v) is 6.38. The van der Waals surface area contributed by atoms with E-state index in [0.29, 0.717) is 13.1 Å². The average molecular weight is 252 g/mol. The summed E-state index contributed by atoms with van der Waals surface area (Å²) in [6.07, 6.45) is 0.837. The average Bonchev–Trinajstić information content (AvgIpc) is 2.55. The van der Waals surface area contributed by atoms with Crippen LogP contribution in [0.2, 0.25) is 0 Å². The van der Waals surface area contributed by atoms with Gasteiger partial charge in [0, 0.05) is 31.7 Å². The second kappa shape index (κ2) is 6.54. The molecule has 0 bridgehead atoms. The van der Waals surface area contributed by atoms with Crippen LogP contribution in [0.15, 0.2) is 0 Å². The number of nitrogens with one attached hydrogen (secondary N) is 2. The molecule has 0 aliphatic heterocycles. The van der Waals surface area contributed by atoms with Gasteiger partial charge in [0.2, 0.25) is 5.91 Å². The van der Waals surface area contributed by atoms with Gasteiger partial charge >= 0.3 is 0 Å². The predicted octanol–water partition coefficient (Wildman–Crippen LogP) is 0.551. The summed E-state index contributed by atoms with van der Waals surface area (Å²) in [4.78, 5) is 11.7. The van der Waals surface area contributed by atoms with E-state index in [-0.39, 0.29) is 11.8 Å². The van der Waals surface area contributed by atoms with Gasteiger partial charge in [-0.15, -0.1) is 0 Å². The Balaban J connectivity index is 2.44. The van der Waals surface area contributed by atoms with E-state index >= 15 is 0 Å². The van der Waals surface area contributed by atoms with E-state index in [1.807, 2.05) is 32.6 Å². The maximum Gasteiger partial charge on any atom is 0.224 e. The zero-order valence-electron chi connectivity index (χ0n) is 12.0. The third kappa shape index (κ3) is 3.57. The van der Waals surface area contributed by atoms with Gasteiger partial charge in [-0.2, -0.15) is 5.10 Å². The molecule has 0 saturated carbocycles. The molecule has 18 heavy (non-hydrogen) atoms. The van der Waals surface area contributed by atoms with Crippen LogP contribution in [0.4, 0.5) is 0 Å².